The van der Waals surface area contributed by atoms with Crippen LogP contribution >= 0.6 is 12.2 Å². The van der Waals surface area contributed by atoms with E-state index in [1.165, 1.54) is 0 Å². The number of amides is 1. The molecule has 9 heteroatoms. The highest BCUT2D eigenvalue weighted by molar-refractivity contribution is 7.80. The van der Waals surface area contributed by atoms with Crippen LogP contribution in [0.3, 0.4) is 0 Å². The number of ether oxygens (including phenoxy) is 3. The molecule has 0 heterocycles. The molecule has 0 aromatic heterocycles. The van der Waals surface area contributed by atoms with Gasteiger partial charge >= 0.3 is 5.97 Å². The number of aliphatic carboxylic acids is 1. The van der Waals surface area contributed by atoms with Crippen LogP contribution in [0, 0.1) is 23.7 Å². The van der Waals surface area contributed by atoms with Crippen molar-refractivity contribution in [2.75, 3.05) is 46.7 Å². The Bertz CT molecular complexity index is 490. The summed E-state index contributed by atoms with van der Waals surface area (Å²) in [6.07, 6.45) is 1.66. The van der Waals surface area contributed by atoms with Gasteiger partial charge in [0.15, 0.2) is 0 Å². The summed E-state index contributed by atoms with van der Waals surface area (Å²) in [6.45, 7) is 8.76. The van der Waals surface area contributed by atoms with Crippen molar-refractivity contribution in [3.05, 3.63) is 0 Å². The molecule has 29 heavy (non-hydrogen) atoms. The Morgan fingerprint density at radius 1 is 1.07 bits per heavy atom. The van der Waals surface area contributed by atoms with Gasteiger partial charge in [0.25, 0.3) is 0 Å². The van der Waals surface area contributed by atoms with Crippen LogP contribution in [-0.4, -0.2) is 68.7 Å². The normalized spacial score (nSPS) is 14.4. The Balaban J connectivity index is 4.78. The van der Waals surface area contributed by atoms with Crippen molar-refractivity contribution >= 4 is 29.1 Å². The minimum atomic E-state index is -1.04. The standard InChI is InChI=1S/C20H38N2O6S/c1-5-6-15(18(21)23)17(20(24)25)16(13-14(2)3)19(29)22-7-8-27-11-12-28-10-9-26-4/h14-17H,5-13H2,1-4H3,(H2,21,23)(H,22,29)(H,24,25)/t15-,16-,17?/m0/s1. The van der Waals surface area contributed by atoms with E-state index in [0.717, 1.165) is 0 Å². The maximum atomic E-state index is 12.0. The monoisotopic (exact) mass is 434 g/mol. The summed E-state index contributed by atoms with van der Waals surface area (Å²) in [7, 11) is 1.61. The van der Waals surface area contributed by atoms with E-state index in [4.69, 9.17) is 32.2 Å². The summed E-state index contributed by atoms with van der Waals surface area (Å²) in [5.74, 6) is -3.57. The lowest BCUT2D eigenvalue weighted by molar-refractivity contribution is -0.148. The van der Waals surface area contributed by atoms with Gasteiger partial charge in [-0.3, -0.25) is 9.59 Å². The smallest absolute Gasteiger partial charge is 0.308 e. The number of carbonyl (C=O) groups excluding carboxylic acids is 1. The van der Waals surface area contributed by atoms with E-state index in [1.54, 1.807) is 7.11 Å². The third-order valence-electron chi connectivity index (χ3n) is 4.53. The summed E-state index contributed by atoms with van der Waals surface area (Å²) in [6, 6.07) is 0. The molecule has 0 aliphatic heterocycles. The summed E-state index contributed by atoms with van der Waals surface area (Å²) in [4.78, 5) is 24.4. The van der Waals surface area contributed by atoms with Crippen molar-refractivity contribution in [1.82, 2.24) is 5.32 Å². The van der Waals surface area contributed by atoms with Crippen LogP contribution in [0.2, 0.25) is 0 Å². The summed E-state index contributed by atoms with van der Waals surface area (Å²) < 4.78 is 15.7. The van der Waals surface area contributed by atoms with Crippen LogP contribution < -0.4 is 11.1 Å². The second-order valence-electron chi connectivity index (χ2n) is 7.41. The lowest BCUT2D eigenvalue weighted by atomic mass is 9.75. The molecule has 0 radical (unpaired) electrons. The van der Waals surface area contributed by atoms with Crippen LogP contribution in [-0.2, 0) is 23.8 Å². The van der Waals surface area contributed by atoms with E-state index >= 15 is 0 Å². The van der Waals surface area contributed by atoms with Crippen LogP contribution in [0.1, 0.15) is 40.0 Å². The number of nitrogens with one attached hydrogen (secondary N) is 1. The number of carboxylic acids is 1. The van der Waals surface area contributed by atoms with Gasteiger partial charge < -0.3 is 30.4 Å². The van der Waals surface area contributed by atoms with E-state index in [9.17, 15) is 14.7 Å². The average molecular weight is 435 g/mol. The van der Waals surface area contributed by atoms with Gasteiger partial charge in [0.1, 0.15) is 0 Å². The summed E-state index contributed by atoms with van der Waals surface area (Å²) >= 11 is 5.51. The predicted molar refractivity (Wildman–Crippen MR) is 116 cm³/mol. The van der Waals surface area contributed by atoms with E-state index < -0.39 is 29.6 Å². The maximum Gasteiger partial charge on any atom is 0.308 e. The van der Waals surface area contributed by atoms with E-state index in [1.807, 2.05) is 20.8 Å². The lowest BCUT2D eigenvalue weighted by Gasteiger charge is -2.31. The van der Waals surface area contributed by atoms with Gasteiger partial charge in [-0.2, -0.15) is 0 Å². The quantitative estimate of drug-likeness (QED) is 0.221. The Kier molecular flexibility index (Phi) is 15.8. The van der Waals surface area contributed by atoms with E-state index in [2.05, 4.69) is 5.32 Å². The molecule has 170 valence electrons. The minimum Gasteiger partial charge on any atom is -0.481 e. The molecule has 0 spiro atoms. The van der Waals surface area contributed by atoms with Gasteiger partial charge in [-0.05, 0) is 18.8 Å². The number of primary amides is 1. The highest BCUT2D eigenvalue weighted by Crippen LogP contribution is 2.31. The zero-order valence-electron chi connectivity index (χ0n) is 18.1. The van der Waals surface area contributed by atoms with E-state index in [-0.39, 0.29) is 5.92 Å². The predicted octanol–water partition coefficient (Wildman–Crippen LogP) is 1.85. The summed E-state index contributed by atoms with van der Waals surface area (Å²) in [5.41, 5.74) is 5.52. The molecule has 0 aliphatic rings. The molecule has 1 amide bonds. The van der Waals surface area contributed by atoms with Crippen molar-refractivity contribution in [3.63, 3.8) is 0 Å². The summed E-state index contributed by atoms with van der Waals surface area (Å²) in [5, 5.41) is 12.9. The van der Waals surface area contributed by atoms with Gasteiger partial charge in [-0.25, -0.2) is 0 Å². The largest absolute Gasteiger partial charge is 0.481 e. The Labute approximate surface area is 179 Å². The SMILES string of the molecule is CCC[C@H](C(N)=O)C(C(=O)O)[C@H](CC(C)C)C(=S)NCCOCCOCCOC. The fourth-order valence-electron chi connectivity index (χ4n) is 3.20. The Morgan fingerprint density at radius 3 is 2.14 bits per heavy atom. The van der Waals surface area contributed by atoms with Gasteiger partial charge in [-0.1, -0.05) is 39.4 Å². The molecule has 0 bridgehead atoms. The number of carboxylic acid groups (broad SMARTS) is 1. The average Bonchev–Trinajstić information content (AvgIpc) is 2.64. The third kappa shape index (κ3) is 12.1. The molecule has 0 saturated heterocycles. The molecule has 0 aromatic rings. The van der Waals surface area contributed by atoms with Crippen molar-refractivity contribution in [2.24, 2.45) is 29.4 Å². The van der Waals surface area contributed by atoms with Crippen molar-refractivity contribution in [2.45, 2.75) is 40.0 Å². The van der Waals surface area contributed by atoms with Crippen molar-refractivity contribution in [1.29, 1.82) is 0 Å². The van der Waals surface area contributed by atoms with Gasteiger partial charge in [-0.15, -0.1) is 0 Å². The first-order chi connectivity index (χ1) is 13.8. The molecule has 0 aliphatic carbocycles. The molecule has 1 unspecified atom stereocenters. The number of hydrogen-bond acceptors (Lipinski definition) is 6. The molecule has 0 aromatic carbocycles. The second kappa shape index (κ2) is 16.5. The highest BCUT2D eigenvalue weighted by Gasteiger charge is 2.40. The first-order valence-corrected chi connectivity index (χ1v) is 10.6. The number of methoxy groups -OCH3 is 1. The van der Waals surface area contributed by atoms with Gasteiger partial charge in [0.05, 0.1) is 49.9 Å². The maximum absolute atomic E-state index is 12.0. The molecular weight excluding hydrogens is 396 g/mol. The van der Waals surface area contributed by atoms with Crippen LogP contribution in [0.15, 0.2) is 0 Å². The minimum absolute atomic E-state index is 0.220. The number of rotatable bonds is 18. The number of hydrogen-bond donors (Lipinski definition) is 3. The van der Waals surface area contributed by atoms with Gasteiger partial charge in [0, 0.05) is 19.6 Å². The van der Waals surface area contributed by atoms with E-state index in [0.29, 0.717) is 63.8 Å². The molecule has 4 N–H and O–H groups in total. The molecular formula is C20H38N2O6S. The Hall–Kier alpha value is -1.29. The topological polar surface area (TPSA) is 120 Å². The fraction of sp³-hybridized carbons (Fsp3) is 0.850. The van der Waals surface area contributed by atoms with Crippen molar-refractivity contribution < 1.29 is 28.9 Å². The molecule has 8 nitrogen and oxygen atoms in total. The number of thiocarbonyl (C=S) groups is 1. The second-order valence-corrected chi connectivity index (χ2v) is 7.85. The van der Waals surface area contributed by atoms with Crippen molar-refractivity contribution in [3.8, 4) is 0 Å². The lowest BCUT2D eigenvalue weighted by Crippen LogP contribution is -2.45. The first kappa shape index (κ1) is 27.7. The zero-order chi connectivity index (χ0) is 22.2. The van der Waals surface area contributed by atoms with Crippen LogP contribution in [0.25, 0.3) is 0 Å². The van der Waals surface area contributed by atoms with Crippen LogP contribution in [0.4, 0.5) is 0 Å². The number of nitrogens with two attached hydrogens (primary N) is 1. The number of carbonyl (C=O) groups is 2. The molecule has 0 rings (SSSR count). The first-order valence-electron chi connectivity index (χ1n) is 10.2. The zero-order valence-corrected chi connectivity index (χ0v) is 19.0. The van der Waals surface area contributed by atoms with Gasteiger partial charge in [0.2, 0.25) is 5.91 Å². The third-order valence-corrected chi connectivity index (χ3v) is 4.98. The molecule has 3 atom stereocenters. The molecule has 0 fully saturated rings. The Morgan fingerprint density at radius 2 is 1.66 bits per heavy atom. The highest BCUT2D eigenvalue weighted by atomic mass is 32.1. The fourth-order valence-corrected chi connectivity index (χ4v) is 3.55. The van der Waals surface area contributed by atoms with Crippen LogP contribution in [0.5, 0.6) is 0 Å². The molecule has 0 saturated carbocycles.